The smallest absolute Gasteiger partial charge is 0.320 e. The molecule has 0 aliphatic rings. The Morgan fingerprint density at radius 3 is 2.82 bits per heavy atom. The molecular formula is C12H13FN2O2. The fourth-order valence-electron chi connectivity index (χ4n) is 1.37. The van der Waals surface area contributed by atoms with E-state index >= 15 is 0 Å². The largest absolute Gasteiger partial charge is 0.480 e. The number of hydrogen-bond donors (Lipinski definition) is 1. The summed E-state index contributed by atoms with van der Waals surface area (Å²) in [7, 11) is 1.66. The molecule has 0 bridgehead atoms. The molecule has 0 aliphatic carbocycles. The maximum Gasteiger partial charge on any atom is 0.320 e. The minimum absolute atomic E-state index is 0.0288. The average Bonchev–Trinajstić information content (AvgIpc) is 2.30. The second kappa shape index (κ2) is 5.41. The van der Waals surface area contributed by atoms with Crippen molar-refractivity contribution in [1.29, 1.82) is 5.26 Å². The van der Waals surface area contributed by atoms with Gasteiger partial charge in [-0.25, -0.2) is 4.39 Å². The summed E-state index contributed by atoms with van der Waals surface area (Å²) < 4.78 is 13.1. The first-order valence-electron chi connectivity index (χ1n) is 5.07. The summed E-state index contributed by atoms with van der Waals surface area (Å²) in [5.74, 6) is -1.49. The number of nitrogens with zero attached hydrogens (tertiary/aromatic N) is 2. The average molecular weight is 236 g/mol. The van der Waals surface area contributed by atoms with Crippen LogP contribution >= 0.6 is 0 Å². The molecule has 1 unspecified atom stereocenters. The van der Waals surface area contributed by atoms with E-state index in [1.807, 2.05) is 0 Å². The van der Waals surface area contributed by atoms with Crippen molar-refractivity contribution in [2.45, 2.75) is 19.5 Å². The van der Waals surface area contributed by atoms with Gasteiger partial charge in [0.05, 0.1) is 5.56 Å². The van der Waals surface area contributed by atoms with Crippen molar-refractivity contribution >= 4 is 5.97 Å². The number of rotatable bonds is 4. The molecule has 0 spiro atoms. The zero-order valence-electron chi connectivity index (χ0n) is 9.64. The Balaban J connectivity index is 2.83. The highest BCUT2D eigenvalue weighted by molar-refractivity contribution is 5.72. The molecular weight excluding hydrogens is 223 g/mol. The molecule has 1 atom stereocenters. The van der Waals surface area contributed by atoms with Crippen molar-refractivity contribution in [3.05, 3.63) is 35.1 Å². The van der Waals surface area contributed by atoms with Crippen LogP contribution < -0.4 is 0 Å². The lowest BCUT2D eigenvalue weighted by Gasteiger charge is -2.21. The van der Waals surface area contributed by atoms with Gasteiger partial charge in [-0.1, -0.05) is 6.07 Å². The van der Waals surface area contributed by atoms with E-state index in [-0.39, 0.29) is 5.56 Å². The number of likely N-dealkylation sites (N-methyl/N-ethyl adjacent to an activating group) is 1. The van der Waals surface area contributed by atoms with Crippen LogP contribution in [0.4, 0.5) is 4.39 Å². The van der Waals surface area contributed by atoms with Crippen LogP contribution in [0.5, 0.6) is 0 Å². The van der Waals surface area contributed by atoms with Gasteiger partial charge in [0.1, 0.15) is 17.9 Å². The molecule has 1 rings (SSSR count). The van der Waals surface area contributed by atoms with Crippen LogP contribution in [-0.4, -0.2) is 29.1 Å². The molecule has 5 heteroatoms. The van der Waals surface area contributed by atoms with Gasteiger partial charge in [0, 0.05) is 6.54 Å². The molecule has 0 radical (unpaired) electrons. The van der Waals surface area contributed by atoms with E-state index in [0.717, 1.165) is 0 Å². The molecule has 0 saturated heterocycles. The third kappa shape index (κ3) is 3.26. The zero-order valence-corrected chi connectivity index (χ0v) is 9.64. The van der Waals surface area contributed by atoms with E-state index in [1.165, 1.54) is 12.1 Å². The molecule has 0 saturated carbocycles. The van der Waals surface area contributed by atoms with Crippen molar-refractivity contribution in [2.75, 3.05) is 7.05 Å². The lowest BCUT2D eigenvalue weighted by Crippen LogP contribution is -2.35. The van der Waals surface area contributed by atoms with Crippen LogP contribution in [0.1, 0.15) is 18.1 Å². The first kappa shape index (κ1) is 13.1. The van der Waals surface area contributed by atoms with Crippen molar-refractivity contribution in [2.24, 2.45) is 0 Å². The third-order valence-electron chi connectivity index (χ3n) is 2.60. The molecule has 90 valence electrons. The summed E-state index contributed by atoms with van der Waals surface area (Å²) in [5, 5.41) is 17.5. The Hall–Kier alpha value is -1.93. The van der Waals surface area contributed by atoms with Gasteiger partial charge in [-0.3, -0.25) is 9.69 Å². The quantitative estimate of drug-likeness (QED) is 0.862. The second-order valence-electron chi connectivity index (χ2n) is 3.86. The van der Waals surface area contributed by atoms with Crippen LogP contribution in [0.25, 0.3) is 0 Å². The van der Waals surface area contributed by atoms with Gasteiger partial charge in [0.2, 0.25) is 0 Å². The van der Waals surface area contributed by atoms with Crippen molar-refractivity contribution in [1.82, 2.24) is 4.90 Å². The Kier molecular flexibility index (Phi) is 4.18. The summed E-state index contributed by atoms with van der Waals surface area (Å²) in [6.45, 7) is 1.92. The van der Waals surface area contributed by atoms with Crippen LogP contribution in [0.3, 0.4) is 0 Å². The van der Waals surface area contributed by atoms with Crippen molar-refractivity contribution in [3.63, 3.8) is 0 Å². The molecule has 0 fully saturated rings. The molecule has 0 aromatic heterocycles. The lowest BCUT2D eigenvalue weighted by molar-refractivity contribution is -0.142. The summed E-state index contributed by atoms with van der Waals surface area (Å²) in [6, 6.07) is 5.31. The van der Waals surface area contributed by atoms with Crippen LogP contribution in [-0.2, 0) is 11.3 Å². The number of benzene rings is 1. The van der Waals surface area contributed by atoms with E-state index in [9.17, 15) is 9.18 Å². The van der Waals surface area contributed by atoms with Crippen molar-refractivity contribution in [3.8, 4) is 6.07 Å². The Bertz CT molecular complexity index is 468. The van der Waals surface area contributed by atoms with Gasteiger partial charge in [-0.2, -0.15) is 5.26 Å². The highest BCUT2D eigenvalue weighted by Crippen LogP contribution is 2.12. The maximum absolute atomic E-state index is 13.1. The first-order chi connectivity index (χ1) is 7.95. The number of hydrogen-bond acceptors (Lipinski definition) is 3. The van der Waals surface area contributed by atoms with E-state index < -0.39 is 17.8 Å². The first-order valence-corrected chi connectivity index (χ1v) is 5.07. The SMILES string of the molecule is CC(C(=O)O)N(C)Cc1ccc(F)c(C#N)c1. The fraction of sp³-hybridized carbons (Fsp3) is 0.333. The van der Waals surface area contributed by atoms with Gasteiger partial charge < -0.3 is 5.11 Å². The molecule has 4 nitrogen and oxygen atoms in total. The van der Waals surface area contributed by atoms with Crippen LogP contribution in [0, 0.1) is 17.1 Å². The van der Waals surface area contributed by atoms with E-state index in [2.05, 4.69) is 0 Å². The number of halogens is 1. The highest BCUT2D eigenvalue weighted by Gasteiger charge is 2.17. The maximum atomic E-state index is 13.1. The molecule has 0 aliphatic heterocycles. The Morgan fingerprint density at radius 2 is 2.29 bits per heavy atom. The molecule has 0 heterocycles. The number of carbonyl (C=O) groups is 1. The Morgan fingerprint density at radius 1 is 1.65 bits per heavy atom. The van der Waals surface area contributed by atoms with E-state index in [4.69, 9.17) is 10.4 Å². The predicted molar refractivity (Wildman–Crippen MR) is 59.7 cm³/mol. The lowest BCUT2D eigenvalue weighted by atomic mass is 10.1. The molecule has 1 N–H and O–H groups in total. The summed E-state index contributed by atoms with van der Waals surface area (Å²) in [4.78, 5) is 12.4. The van der Waals surface area contributed by atoms with Gasteiger partial charge >= 0.3 is 5.97 Å². The standard InChI is InChI=1S/C12H13FN2O2/c1-8(12(16)17)15(2)7-9-3-4-11(13)10(5-9)6-14/h3-5,8H,7H2,1-2H3,(H,16,17). The van der Waals surface area contributed by atoms with E-state index in [0.29, 0.717) is 12.1 Å². The third-order valence-corrected chi connectivity index (χ3v) is 2.60. The number of carboxylic acids is 1. The minimum atomic E-state index is -0.921. The van der Waals surface area contributed by atoms with Gasteiger partial charge in [-0.15, -0.1) is 0 Å². The minimum Gasteiger partial charge on any atom is -0.480 e. The van der Waals surface area contributed by atoms with Gasteiger partial charge in [0.15, 0.2) is 0 Å². The van der Waals surface area contributed by atoms with Crippen molar-refractivity contribution < 1.29 is 14.3 Å². The van der Waals surface area contributed by atoms with Gasteiger partial charge in [0.25, 0.3) is 0 Å². The predicted octanol–water partition coefficient (Wildman–Crippen LogP) is 1.60. The summed E-state index contributed by atoms with van der Waals surface area (Å²) in [6.07, 6.45) is 0. The number of carboxylic acid groups (broad SMARTS) is 1. The van der Waals surface area contributed by atoms with Gasteiger partial charge in [-0.05, 0) is 31.7 Å². The monoisotopic (exact) mass is 236 g/mol. The fourth-order valence-corrected chi connectivity index (χ4v) is 1.37. The summed E-state index contributed by atoms with van der Waals surface area (Å²) >= 11 is 0. The topological polar surface area (TPSA) is 64.3 Å². The normalized spacial score (nSPS) is 12.2. The second-order valence-corrected chi connectivity index (χ2v) is 3.86. The van der Waals surface area contributed by atoms with E-state index in [1.54, 1.807) is 31.0 Å². The number of aliphatic carboxylic acids is 1. The van der Waals surface area contributed by atoms with Crippen LogP contribution in [0.15, 0.2) is 18.2 Å². The highest BCUT2D eigenvalue weighted by atomic mass is 19.1. The van der Waals surface area contributed by atoms with Crippen LogP contribution in [0.2, 0.25) is 0 Å². The molecule has 1 aromatic rings. The number of nitriles is 1. The Labute approximate surface area is 98.9 Å². The summed E-state index contributed by atoms with van der Waals surface area (Å²) in [5.41, 5.74) is 0.678. The zero-order chi connectivity index (χ0) is 13.0. The molecule has 1 aromatic carbocycles. The molecule has 0 amide bonds. The molecule has 17 heavy (non-hydrogen) atoms.